The Morgan fingerprint density at radius 2 is 1.71 bits per heavy atom. The van der Waals surface area contributed by atoms with Crippen molar-refractivity contribution < 1.29 is 14.6 Å². The summed E-state index contributed by atoms with van der Waals surface area (Å²) in [5.41, 5.74) is 2.60. The lowest BCUT2D eigenvalue weighted by molar-refractivity contribution is -0.118. The van der Waals surface area contributed by atoms with Crippen LogP contribution in [0.1, 0.15) is 0 Å². The summed E-state index contributed by atoms with van der Waals surface area (Å²) in [5.74, 6) is -0.0969. The standard InChI is InChI=1S/C25H21Cl2N5O3/c26-16-5-6-19-15(11-16)12-18(24(27)28-19)21-13-20(17-3-1-2-4-22(17)33)29-25(30-21)31-23(34)14-32-7-9-35-10-8-32/h1-6,11-13,33H,7-10,14H2,(H,29,30,31,34). The number of fused-ring (bicyclic) bond motifs is 1. The number of nitrogens with zero attached hydrogens (tertiary/aromatic N) is 4. The van der Waals surface area contributed by atoms with Gasteiger partial charge in [-0.3, -0.25) is 15.0 Å². The van der Waals surface area contributed by atoms with Crippen LogP contribution >= 0.6 is 23.2 Å². The van der Waals surface area contributed by atoms with Crippen molar-refractivity contribution in [2.24, 2.45) is 0 Å². The molecule has 5 rings (SSSR count). The van der Waals surface area contributed by atoms with Gasteiger partial charge in [0.1, 0.15) is 10.9 Å². The van der Waals surface area contributed by atoms with Gasteiger partial charge in [0.25, 0.3) is 0 Å². The van der Waals surface area contributed by atoms with Gasteiger partial charge in [0.15, 0.2) is 0 Å². The number of phenols is 1. The summed E-state index contributed by atoms with van der Waals surface area (Å²) in [7, 11) is 0. The van der Waals surface area contributed by atoms with E-state index in [0.29, 0.717) is 59.4 Å². The molecule has 0 unspecified atom stereocenters. The fourth-order valence-electron chi connectivity index (χ4n) is 3.90. The maximum atomic E-state index is 12.7. The van der Waals surface area contributed by atoms with Gasteiger partial charge in [-0.15, -0.1) is 0 Å². The summed E-state index contributed by atoms with van der Waals surface area (Å²) in [5, 5.41) is 14.8. The number of para-hydroxylation sites is 1. The molecule has 2 aromatic heterocycles. The van der Waals surface area contributed by atoms with Gasteiger partial charge in [0, 0.05) is 34.6 Å². The van der Waals surface area contributed by atoms with E-state index in [1.807, 2.05) is 11.0 Å². The van der Waals surface area contributed by atoms with Crippen LogP contribution < -0.4 is 5.32 Å². The number of carbonyl (C=O) groups excluding carboxylic acids is 1. The van der Waals surface area contributed by atoms with Gasteiger partial charge in [0.05, 0.1) is 36.7 Å². The second-order valence-electron chi connectivity index (χ2n) is 8.08. The zero-order chi connectivity index (χ0) is 24.4. The number of halogens is 2. The van der Waals surface area contributed by atoms with E-state index in [2.05, 4.69) is 20.3 Å². The van der Waals surface area contributed by atoms with Crippen LogP contribution in [0.5, 0.6) is 5.75 Å². The smallest absolute Gasteiger partial charge is 0.240 e. The van der Waals surface area contributed by atoms with E-state index in [4.69, 9.17) is 27.9 Å². The predicted molar refractivity (Wildman–Crippen MR) is 136 cm³/mol. The highest BCUT2D eigenvalue weighted by Gasteiger charge is 2.18. The monoisotopic (exact) mass is 509 g/mol. The predicted octanol–water partition coefficient (Wildman–Crippen LogP) is 4.64. The van der Waals surface area contributed by atoms with E-state index in [1.54, 1.807) is 48.5 Å². The van der Waals surface area contributed by atoms with Crippen molar-refractivity contribution in [3.05, 3.63) is 64.8 Å². The molecule has 1 fully saturated rings. The number of amides is 1. The average molecular weight is 510 g/mol. The molecule has 10 heteroatoms. The van der Waals surface area contributed by atoms with Crippen LogP contribution in [0.25, 0.3) is 33.4 Å². The first-order chi connectivity index (χ1) is 17.0. The number of ether oxygens (including phenoxy) is 1. The summed E-state index contributed by atoms with van der Waals surface area (Å²) < 4.78 is 5.34. The summed E-state index contributed by atoms with van der Waals surface area (Å²) >= 11 is 12.7. The van der Waals surface area contributed by atoms with Crippen LogP contribution in [0.2, 0.25) is 10.2 Å². The SMILES string of the molecule is O=C(CN1CCOCC1)Nc1nc(-c2ccccc2O)cc(-c2cc3cc(Cl)ccc3nc2Cl)n1. The summed E-state index contributed by atoms with van der Waals surface area (Å²) in [6.07, 6.45) is 0. The van der Waals surface area contributed by atoms with Crippen LogP contribution in [-0.2, 0) is 9.53 Å². The molecule has 1 aliphatic heterocycles. The molecule has 35 heavy (non-hydrogen) atoms. The van der Waals surface area contributed by atoms with E-state index in [9.17, 15) is 9.90 Å². The van der Waals surface area contributed by atoms with Gasteiger partial charge in [-0.2, -0.15) is 0 Å². The number of aromatic nitrogens is 3. The summed E-state index contributed by atoms with van der Waals surface area (Å²) in [6.45, 7) is 2.73. The zero-order valence-electron chi connectivity index (χ0n) is 18.5. The second kappa shape index (κ2) is 10.1. The minimum Gasteiger partial charge on any atom is -0.507 e. The molecule has 1 amide bonds. The first-order valence-corrected chi connectivity index (χ1v) is 11.8. The molecule has 8 nitrogen and oxygen atoms in total. The molecule has 0 radical (unpaired) electrons. The third-order valence-electron chi connectivity index (χ3n) is 5.63. The molecule has 4 aromatic rings. The van der Waals surface area contributed by atoms with Gasteiger partial charge < -0.3 is 9.84 Å². The minimum atomic E-state index is -0.248. The van der Waals surface area contributed by atoms with E-state index >= 15 is 0 Å². The fourth-order valence-corrected chi connectivity index (χ4v) is 4.32. The molecule has 0 bridgehead atoms. The number of nitrogens with one attached hydrogen (secondary N) is 1. The normalized spacial score (nSPS) is 14.2. The minimum absolute atomic E-state index is 0.0530. The maximum Gasteiger partial charge on any atom is 0.240 e. The van der Waals surface area contributed by atoms with Crippen molar-refractivity contribution in [3.8, 4) is 28.3 Å². The summed E-state index contributed by atoms with van der Waals surface area (Å²) in [6, 6.07) is 15.7. The van der Waals surface area contributed by atoms with Crippen molar-refractivity contribution in [2.45, 2.75) is 0 Å². The molecule has 0 saturated carbocycles. The number of morpholine rings is 1. The Kier molecular flexibility index (Phi) is 6.79. The second-order valence-corrected chi connectivity index (χ2v) is 8.87. The molecule has 0 atom stereocenters. The Bertz CT molecular complexity index is 1410. The number of hydrogen-bond donors (Lipinski definition) is 2. The van der Waals surface area contributed by atoms with Crippen molar-refractivity contribution in [3.63, 3.8) is 0 Å². The van der Waals surface area contributed by atoms with Gasteiger partial charge in [0.2, 0.25) is 11.9 Å². The number of carbonyl (C=O) groups is 1. The Labute approximate surface area is 211 Å². The molecule has 1 aliphatic rings. The van der Waals surface area contributed by atoms with Crippen LogP contribution in [-0.4, -0.2) is 63.7 Å². The van der Waals surface area contributed by atoms with Crippen LogP contribution in [0.15, 0.2) is 54.6 Å². The van der Waals surface area contributed by atoms with Gasteiger partial charge in [-0.25, -0.2) is 15.0 Å². The number of rotatable bonds is 5. The third kappa shape index (κ3) is 5.36. The highest BCUT2D eigenvalue weighted by atomic mass is 35.5. The van der Waals surface area contributed by atoms with Crippen molar-refractivity contribution in [2.75, 3.05) is 38.2 Å². The van der Waals surface area contributed by atoms with Crippen molar-refractivity contribution in [1.82, 2.24) is 19.9 Å². The fraction of sp³-hybridized carbons (Fsp3) is 0.200. The maximum absolute atomic E-state index is 12.7. The number of aromatic hydroxyl groups is 1. The van der Waals surface area contributed by atoms with E-state index < -0.39 is 0 Å². The topological polar surface area (TPSA) is 100 Å². The molecule has 0 aliphatic carbocycles. The van der Waals surface area contributed by atoms with E-state index in [1.165, 1.54) is 0 Å². The van der Waals surface area contributed by atoms with E-state index in [0.717, 1.165) is 5.39 Å². The molecule has 2 N–H and O–H groups in total. The highest BCUT2D eigenvalue weighted by molar-refractivity contribution is 6.33. The molecule has 1 saturated heterocycles. The quantitative estimate of drug-likeness (QED) is 0.378. The van der Waals surface area contributed by atoms with Crippen LogP contribution in [0.3, 0.4) is 0 Å². The van der Waals surface area contributed by atoms with Gasteiger partial charge in [-0.05, 0) is 42.5 Å². The molecule has 178 valence electrons. The Hall–Kier alpha value is -3.30. The third-order valence-corrected chi connectivity index (χ3v) is 6.16. The average Bonchev–Trinajstić information content (AvgIpc) is 2.84. The molecule has 0 spiro atoms. The Morgan fingerprint density at radius 1 is 0.971 bits per heavy atom. The number of hydrogen-bond acceptors (Lipinski definition) is 7. The van der Waals surface area contributed by atoms with Crippen LogP contribution in [0, 0.1) is 0 Å². The Balaban J connectivity index is 1.56. The van der Waals surface area contributed by atoms with Crippen LogP contribution in [0.4, 0.5) is 5.95 Å². The summed E-state index contributed by atoms with van der Waals surface area (Å²) in [4.78, 5) is 28.3. The molecule has 2 aromatic carbocycles. The number of benzene rings is 2. The van der Waals surface area contributed by atoms with Gasteiger partial charge >= 0.3 is 0 Å². The lowest BCUT2D eigenvalue weighted by atomic mass is 10.1. The molecular weight excluding hydrogens is 489 g/mol. The van der Waals surface area contributed by atoms with Crippen molar-refractivity contribution >= 4 is 46.0 Å². The van der Waals surface area contributed by atoms with Crippen molar-refractivity contribution in [1.29, 1.82) is 0 Å². The van der Waals surface area contributed by atoms with E-state index in [-0.39, 0.29) is 29.3 Å². The number of pyridine rings is 1. The Morgan fingerprint density at radius 3 is 2.49 bits per heavy atom. The lowest BCUT2D eigenvalue weighted by Gasteiger charge is -2.25. The van der Waals surface area contributed by atoms with Gasteiger partial charge in [-0.1, -0.05) is 35.3 Å². The zero-order valence-corrected chi connectivity index (χ0v) is 20.1. The first kappa shape index (κ1) is 23.4. The highest BCUT2D eigenvalue weighted by Crippen LogP contribution is 2.34. The largest absolute Gasteiger partial charge is 0.507 e. The lowest BCUT2D eigenvalue weighted by Crippen LogP contribution is -2.41. The number of anilines is 1. The number of phenolic OH excluding ortho intramolecular Hbond substituents is 1. The first-order valence-electron chi connectivity index (χ1n) is 11.0. The molecular formula is C25H21Cl2N5O3. The molecule has 3 heterocycles.